The average Bonchev–Trinajstić information content (AvgIpc) is 2.97. The van der Waals surface area contributed by atoms with Gasteiger partial charge in [-0.05, 0) is 44.4 Å². The third-order valence-corrected chi connectivity index (χ3v) is 4.59. The van der Waals surface area contributed by atoms with E-state index < -0.39 is 11.9 Å². The van der Waals surface area contributed by atoms with Gasteiger partial charge in [0.15, 0.2) is 0 Å². The van der Waals surface area contributed by atoms with Crippen LogP contribution < -0.4 is 5.32 Å². The molecule has 2 N–H and O–H groups in total. The summed E-state index contributed by atoms with van der Waals surface area (Å²) in [6.45, 7) is 7.71. The van der Waals surface area contributed by atoms with Crippen LogP contribution in [0.15, 0.2) is 30.5 Å². The Morgan fingerprint density at radius 1 is 1.28 bits per heavy atom. The molecule has 1 aromatic heterocycles. The molecular weight excluding hydrogens is 318 g/mol. The van der Waals surface area contributed by atoms with Crippen molar-refractivity contribution in [3.8, 4) is 0 Å². The highest BCUT2D eigenvalue weighted by Crippen LogP contribution is 2.22. The molecular formula is C19H25N3O3. The van der Waals surface area contributed by atoms with E-state index in [2.05, 4.69) is 24.3 Å². The molecule has 0 spiro atoms. The first-order chi connectivity index (χ1) is 11.9. The Morgan fingerprint density at radius 3 is 2.56 bits per heavy atom. The van der Waals surface area contributed by atoms with Crippen LogP contribution in [0, 0.1) is 6.92 Å². The van der Waals surface area contributed by atoms with Crippen molar-refractivity contribution in [1.82, 2.24) is 9.78 Å². The number of rotatable bonds is 7. The molecule has 1 aromatic carbocycles. The van der Waals surface area contributed by atoms with E-state index in [0.29, 0.717) is 16.8 Å². The van der Waals surface area contributed by atoms with Gasteiger partial charge in [-0.2, -0.15) is 5.10 Å². The number of carbonyl (C=O) groups is 2. The first-order valence-electron chi connectivity index (χ1n) is 8.57. The molecule has 2 rings (SSSR count). The Morgan fingerprint density at radius 2 is 1.96 bits per heavy atom. The second kappa shape index (κ2) is 7.96. The van der Waals surface area contributed by atoms with Crippen molar-refractivity contribution >= 4 is 17.6 Å². The number of amides is 1. The maximum Gasteiger partial charge on any atom is 0.310 e. The molecule has 6 heteroatoms. The lowest BCUT2D eigenvalue weighted by Gasteiger charge is -2.15. The molecule has 1 heterocycles. The summed E-state index contributed by atoms with van der Waals surface area (Å²) in [5.41, 5.74) is 2.59. The van der Waals surface area contributed by atoms with Crippen LogP contribution in [0.25, 0.3) is 0 Å². The zero-order chi connectivity index (χ0) is 18.6. The number of hydrogen-bond acceptors (Lipinski definition) is 3. The van der Waals surface area contributed by atoms with Gasteiger partial charge in [-0.15, -0.1) is 0 Å². The van der Waals surface area contributed by atoms with Crippen molar-refractivity contribution in [3.63, 3.8) is 0 Å². The van der Waals surface area contributed by atoms with Gasteiger partial charge in [0.1, 0.15) is 0 Å². The monoisotopic (exact) mass is 343 g/mol. The molecule has 0 radical (unpaired) electrons. The fourth-order valence-electron chi connectivity index (χ4n) is 2.88. The minimum absolute atomic E-state index is 0.241. The summed E-state index contributed by atoms with van der Waals surface area (Å²) in [5, 5.41) is 16.3. The first-order valence-corrected chi connectivity index (χ1v) is 8.57. The molecule has 2 aromatic rings. The van der Waals surface area contributed by atoms with Crippen LogP contribution in [-0.4, -0.2) is 26.8 Å². The number of aliphatic carboxylic acids is 1. The van der Waals surface area contributed by atoms with E-state index in [9.17, 15) is 9.59 Å². The molecule has 1 unspecified atom stereocenters. The zero-order valence-electron chi connectivity index (χ0n) is 15.1. The molecule has 0 aliphatic carbocycles. The zero-order valence-corrected chi connectivity index (χ0v) is 15.1. The van der Waals surface area contributed by atoms with Crippen molar-refractivity contribution < 1.29 is 14.7 Å². The summed E-state index contributed by atoms with van der Waals surface area (Å²) >= 11 is 0. The molecule has 0 fully saturated rings. The number of nitrogens with zero attached hydrogens (tertiary/aromatic N) is 2. The normalized spacial score (nSPS) is 12.2. The smallest absolute Gasteiger partial charge is 0.310 e. The Labute approximate surface area is 147 Å². The van der Waals surface area contributed by atoms with Gasteiger partial charge in [0.2, 0.25) is 0 Å². The van der Waals surface area contributed by atoms with Crippen molar-refractivity contribution in [2.24, 2.45) is 0 Å². The lowest BCUT2D eigenvalue weighted by atomic mass is 10.0. The van der Waals surface area contributed by atoms with Crippen LogP contribution >= 0.6 is 0 Å². The Kier molecular flexibility index (Phi) is 5.96. The lowest BCUT2D eigenvalue weighted by Crippen LogP contribution is -2.15. The summed E-state index contributed by atoms with van der Waals surface area (Å²) in [7, 11) is 0. The van der Waals surface area contributed by atoms with Crippen molar-refractivity contribution in [3.05, 3.63) is 47.3 Å². The summed E-state index contributed by atoms with van der Waals surface area (Å²) in [6, 6.07) is 7.20. The highest BCUT2D eigenvalue weighted by Gasteiger charge is 2.19. The number of nitrogens with one attached hydrogen (secondary N) is 1. The van der Waals surface area contributed by atoms with E-state index in [1.807, 2.05) is 11.6 Å². The standard InChI is InChI=1S/C19H25N3O3/c1-5-16(6-2)22-13(4)17(11-20-22)18(23)21-15-9-7-8-14(10-15)12(3)19(24)25/h7-12,16H,5-6H2,1-4H3,(H,21,23)(H,24,25). The predicted molar refractivity (Wildman–Crippen MR) is 97.0 cm³/mol. The number of benzene rings is 1. The highest BCUT2D eigenvalue weighted by molar-refractivity contribution is 6.05. The maximum absolute atomic E-state index is 12.6. The summed E-state index contributed by atoms with van der Waals surface area (Å²) < 4.78 is 1.90. The Hall–Kier alpha value is -2.63. The van der Waals surface area contributed by atoms with Crippen LogP contribution in [0.5, 0.6) is 0 Å². The second-order valence-corrected chi connectivity index (χ2v) is 6.20. The third kappa shape index (κ3) is 4.07. The van der Waals surface area contributed by atoms with E-state index in [-0.39, 0.29) is 11.9 Å². The van der Waals surface area contributed by atoms with Crippen molar-refractivity contribution in [2.45, 2.75) is 52.5 Å². The number of carbonyl (C=O) groups excluding carboxylic acids is 1. The molecule has 134 valence electrons. The molecule has 1 atom stereocenters. The van der Waals surface area contributed by atoms with E-state index in [4.69, 9.17) is 5.11 Å². The van der Waals surface area contributed by atoms with Gasteiger partial charge >= 0.3 is 5.97 Å². The third-order valence-electron chi connectivity index (χ3n) is 4.59. The molecule has 1 amide bonds. The minimum atomic E-state index is -0.897. The van der Waals surface area contributed by atoms with Crippen LogP contribution in [0.2, 0.25) is 0 Å². The van der Waals surface area contributed by atoms with Gasteiger partial charge in [0.25, 0.3) is 5.91 Å². The topological polar surface area (TPSA) is 84.2 Å². The largest absolute Gasteiger partial charge is 0.481 e. The Bertz CT molecular complexity index is 763. The van der Waals surface area contributed by atoms with Crippen LogP contribution in [-0.2, 0) is 4.79 Å². The van der Waals surface area contributed by atoms with Crippen LogP contribution in [0.1, 0.15) is 67.2 Å². The number of hydrogen-bond donors (Lipinski definition) is 2. The van der Waals surface area contributed by atoms with Crippen molar-refractivity contribution in [2.75, 3.05) is 5.32 Å². The van der Waals surface area contributed by atoms with E-state index in [1.54, 1.807) is 37.4 Å². The predicted octanol–water partition coefficient (Wildman–Crippen LogP) is 3.99. The fraction of sp³-hybridized carbons (Fsp3) is 0.421. The van der Waals surface area contributed by atoms with Gasteiger partial charge in [0.05, 0.1) is 23.7 Å². The molecule has 0 aliphatic rings. The quantitative estimate of drug-likeness (QED) is 0.796. The maximum atomic E-state index is 12.6. The molecule has 0 saturated carbocycles. The average molecular weight is 343 g/mol. The molecule has 6 nitrogen and oxygen atoms in total. The van der Waals surface area contributed by atoms with Gasteiger partial charge in [-0.25, -0.2) is 0 Å². The molecule has 0 aliphatic heterocycles. The summed E-state index contributed by atoms with van der Waals surface area (Å²) in [6.07, 6.45) is 3.50. The number of carboxylic acids is 1. The van der Waals surface area contributed by atoms with Crippen LogP contribution in [0.4, 0.5) is 5.69 Å². The number of aromatic nitrogens is 2. The van der Waals surface area contributed by atoms with Gasteiger partial charge in [0, 0.05) is 11.4 Å². The van der Waals surface area contributed by atoms with Gasteiger partial charge < -0.3 is 10.4 Å². The lowest BCUT2D eigenvalue weighted by molar-refractivity contribution is -0.138. The van der Waals surface area contributed by atoms with Gasteiger partial charge in [-0.1, -0.05) is 26.0 Å². The minimum Gasteiger partial charge on any atom is -0.481 e. The van der Waals surface area contributed by atoms with E-state index >= 15 is 0 Å². The highest BCUT2D eigenvalue weighted by atomic mass is 16.4. The summed E-state index contributed by atoms with van der Waals surface area (Å²) in [5.74, 6) is -1.77. The molecule has 0 bridgehead atoms. The molecule has 0 saturated heterocycles. The summed E-state index contributed by atoms with van der Waals surface area (Å²) in [4.78, 5) is 23.7. The second-order valence-electron chi connectivity index (χ2n) is 6.20. The fourth-order valence-corrected chi connectivity index (χ4v) is 2.88. The van der Waals surface area contributed by atoms with Crippen LogP contribution in [0.3, 0.4) is 0 Å². The van der Waals surface area contributed by atoms with Gasteiger partial charge in [-0.3, -0.25) is 14.3 Å². The van der Waals surface area contributed by atoms with Crippen molar-refractivity contribution in [1.29, 1.82) is 0 Å². The molecule has 25 heavy (non-hydrogen) atoms. The van der Waals surface area contributed by atoms with E-state index in [1.165, 1.54) is 0 Å². The number of anilines is 1. The Balaban J connectivity index is 2.21. The number of carboxylic acid groups (broad SMARTS) is 1. The SMILES string of the molecule is CCC(CC)n1ncc(C(=O)Nc2cccc(C(C)C(=O)O)c2)c1C. The first kappa shape index (κ1) is 18.7. The van der Waals surface area contributed by atoms with E-state index in [0.717, 1.165) is 18.5 Å².